The van der Waals surface area contributed by atoms with Gasteiger partial charge in [0.25, 0.3) is 0 Å². The van der Waals surface area contributed by atoms with Crippen molar-refractivity contribution in [3.63, 3.8) is 0 Å². The van der Waals surface area contributed by atoms with Gasteiger partial charge in [0.2, 0.25) is 0 Å². The molecule has 1 N–H and O–H groups in total. The van der Waals surface area contributed by atoms with Gasteiger partial charge in [-0.05, 0) is 52.2 Å². The van der Waals surface area contributed by atoms with E-state index in [1.54, 1.807) is 24.3 Å². The van der Waals surface area contributed by atoms with Crippen LogP contribution < -0.4 is 5.32 Å². The highest BCUT2D eigenvalue weighted by atomic mass is 79.9. The third kappa shape index (κ3) is 2.82. The van der Waals surface area contributed by atoms with Gasteiger partial charge in [-0.15, -0.1) is 0 Å². The van der Waals surface area contributed by atoms with E-state index in [2.05, 4.69) is 21.2 Å². The average Bonchev–Trinajstić information content (AvgIpc) is 2.46. The summed E-state index contributed by atoms with van der Waals surface area (Å²) in [5.41, 5.74) is 1.52. The topological polar surface area (TPSA) is 46.2 Å². The number of benzene rings is 2. The van der Waals surface area contributed by atoms with Gasteiger partial charge in [-0.1, -0.05) is 18.2 Å². The zero-order chi connectivity index (χ0) is 15.0. The molecule has 0 amide bonds. The minimum absolute atomic E-state index is 0.0953. The Labute approximate surface area is 131 Å². The molecule has 2 aromatic carbocycles. The molecule has 1 aliphatic heterocycles. The van der Waals surface area contributed by atoms with E-state index in [0.29, 0.717) is 15.8 Å². The van der Waals surface area contributed by atoms with Crippen LogP contribution in [0.2, 0.25) is 0 Å². The lowest BCUT2D eigenvalue weighted by Crippen LogP contribution is -2.24. The predicted octanol–water partition coefficient (Wildman–Crippen LogP) is 3.92. The largest absolute Gasteiger partial charge is 0.378 e. The molecule has 3 rings (SSSR count). The fourth-order valence-corrected chi connectivity index (χ4v) is 4.53. The molecule has 1 unspecified atom stereocenters. The Bertz CT molecular complexity index is 792. The molecule has 2 aromatic rings. The molecule has 0 radical (unpaired) electrons. The first-order valence-corrected chi connectivity index (χ1v) is 8.95. The lowest BCUT2D eigenvalue weighted by Gasteiger charge is -2.27. The second-order valence-corrected chi connectivity index (χ2v) is 7.90. The van der Waals surface area contributed by atoms with Crippen LogP contribution in [0, 0.1) is 5.82 Å². The van der Waals surface area contributed by atoms with Gasteiger partial charge in [0, 0.05) is 5.69 Å². The Kier molecular flexibility index (Phi) is 3.75. The number of hydrogen-bond acceptors (Lipinski definition) is 3. The molecule has 3 nitrogen and oxygen atoms in total. The van der Waals surface area contributed by atoms with Crippen molar-refractivity contribution in [2.24, 2.45) is 0 Å². The molecule has 1 aliphatic rings. The van der Waals surface area contributed by atoms with Crippen LogP contribution in [0.25, 0.3) is 0 Å². The second kappa shape index (κ2) is 5.42. The summed E-state index contributed by atoms with van der Waals surface area (Å²) in [5, 5.41) is 3.28. The maximum absolute atomic E-state index is 13.3. The van der Waals surface area contributed by atoms with Crippen LogP contribution >= 0.6 is 15.9 Å². The maximum Gasteiger partial charge on any atom is 0.178 e. The van der Waals surface area contributed by atoms with Crippen molar-refractivity contribution in [1.82, 2.24) is 0 Å². The van der Waals surface area contributed by atoms with E-state index in [1.807, 2.05) is 12.1 Å². The van der Waals surface area contributed by atoms with Crippen LogP contribution in [0.3, 0.4) is 0 Å². The number of anilines is 1. The summed E-state index contributed by atoms with van der Waals surface area (Å²) in [6.07, 6.45) is 0.494. The van der Waals surface area contributed by atoms with Crippen molar-refractivity contribution in [3.8, 4) is 0 Å². The Morgan fingerprint density at radius 2 is 1.95 bits per heavy atom. The molecule has 0 aromatic heterocycles. The molecule has 110 valence electrons. The van der Waals surface area contributed by atoms with Crippen LogP contribution in [-0.4, -0.2) is 14.2 Å². The number of sulfone groups is 1. The zero-order valence-electron chi connectivity index (χ0n) is 11.0. The van der Waals surface area contributed by atoms with E-state index in [0.717, 1.165) is 11.3 Å². The first kappa shape index (κ1) is 14.5. The summed E-state index contributed by atoms with van der Waals surface area (Å²) in [5.74, 6) is -0.212. The Morgan fingerprint density at radius 3 is 2.71 bits per heavy atom. The number of rotatable bonds is 2. The SMILES string of the molecule is O=S1(=O)CCC(Nc2ccc(F)c(Br)c2)c2ccccc21. The molecular formula is C15H13BrFNO2S. The molecule has 0 bridgehead atoms. The van der Waals surface area contributed by atoms with Crippen LogP contribution in [0.4, 0.5) is 10.1 Å². The van der Waals surface area contributed by atoms with Crippen molar-refractivity contribution in [2.45, 2.75) is 17.4 Å². The monoisotopic (exact) mass is 369 g/mol. The van der Waals surface area contributed by atoms with Gasteiger partial charge < -0.3 is 5.32 Å². The first-order chi connectivity index (χ1) is 9.97. The number of fused-ring (bicyclic) bond motifs is 1. The van der Waals surface area contributed by atoms with E-state index < -0.39 is 9.84 Å². The lowest BCUT2D eigenvalue weighted by molar-refractivity contribution is 0.576. The van der Waals surface area contributed by atoms with Gasteiger partial charge in [0.1, 0.15) is 5.82 Å². The Morgan fingerprint density at radius 1 is 1.19 bits per heavy atom. The highest BCUT2D eigenvalue weighted by Crippen LogP contribution is 2.34. The molecule has 0 saturated heterocycles. The maximum atomic E-state index is 13.3. The minimum Gasteiger partial charge on any atom is -0.378 e. The molecule has 21 heavy (non-hydrogen) atoms. The quantitative estimate of drug-likeness (QED) is 0.872. The van der Waals surface area contributed by atoms with E-state index in [9.17, 15) is 12.8 Å². The smallest absolute Gasteiger partial charge is 0.178 e. The van der Waals surface area contributed by atoms with Gasteiger partial charge in [0.05, 0.1) is 21.2 Å². The van der Waals surface area contributed by atoms with Gasteiger partial charge in [-0.2, -0.15) is 0 Å². The second-order valence-electron chi connectivity index (χ2n) is 4.97. The van der Waals surface area contributed by atoms with Crippen molar-refractivity contribution in [2.75, 3.05) is 11.1 Å². The van der Waals surface area contributed by atoms with Crippen LogP contribution in [-0.2, 0) is 9.84 Å². The summed E-state index contributed by atoms with van der Waals surface area (Å²) in [4.78, 5) is 0.384. The van der Waals surface area contributed by atoms with Gasteiger partial charge in [0.15, 0.2) is 9.84 Å². The van der Waals surface area contributed by atoms with Gasteiger partial charge in [-0.3, -0.25) is 0 Å². The van der Waals surface area contributed by atoms with Crippen LogP contribution in [0.15, 0.2) is 51.8 Å². The van der Waals surface area contributed by atoms with E-state index in [4.69, 9.17) is 0 Å². The number of halogens is 2. The number of nitrogens with one attached hydrogen (secondary N) is 1. The molecule has 1 heterocycles. The van der Waals surface area contributed by atoms with Gasteiger partial charge in [-0.25, -0.2) is 12.8 Å². The minimum atomic E-state index is -3.19. The summed E-state index contributed by atoms with van der Waals surface area (Å²) in [6, 6.07) is 11.6. The summed E-state index contributed by atoms with van der Waals surface area (Å²) >= 11 is 3.15. The van der Waals surface area contributed by atoms with E-state index >= 15 is 0 Å². The zero-order valence-corrected chi connectivity index (χ0v) is 13.4. The fourth-order valence-electron chi connectivity index (χ4n) is 2.53. The van der Waals surface area contributed by atoms with Gasteiger partial charge >= 0.3 is 0 Å². The normalized spacial score (nSPS) is 19.8. The standard InChI is InChI=1S/C15H13BrFNO2S/c16-12-9-10(5-6-13(12)17)18-14-7-8-21(19,20)15-4-2-1-3-11(14)15/h1-6,9,14,18H,7-8H2. The molecular weight excluding hydrogens is 357 g/mol. The van der Waals surface area contributed by atoms with Crippen molar-refractivity contribution >= 4 is 31.5 Å². The third-order valence-corrected chi connectivity index (χ3v) is 5.99. The van der Waals surface area contributed by atoms with Crippen molar-refractivity contribution in [3.05, 3.63) is 58.3 Å². The third-order valence-electron chi connectivity index (χ3n) is 3.57. The predicted molar refractivity (Wildman–Crippen MR) is 83.6 cm³/mol. The first-order valence-electron chi connectivity index (χ1n) is 6.51. The average molecular weight is 370 g/mol. The highest BCUT2D eigenvalue weighted by molar-refractivity contribution is 9.10. The van der Waals surface area contributed by atoms with E-state index in [-0.39, 0.29) is 17.6 Å². The molecule has 6 heteroatoms. The van der Waals surface area contributed by atoms with Crippen LogP contribution in [0.5, 0.6) is 0 Å². The summed E-state index contributed by atoms with van der Waals surface area (Å²) < 4.78 is 37.8. The van der Waals surface area contributed by atoms with Crippen molar-refractivity contribution in [1.29, 1.82) is 0 Å². The van der Waals surface area contributed by atoms with E-state index in [1.165, 1.54) is 6.07 Å². The summed E-state index contributed by atoms with van der Waals surface area (Å²) in [7, 11) is -3.19. The van der Waals surface area contributed by atoms with Crippen molar-refractivity contribution < 1.29 is 12.8 Å². The fraction of sp³-hybridized carbons (Fsp3) is 0.200. The molecule has 1 atom stereocenters. The highest BCUT2D eigenvalue weighted by Gasteiger charge is 2.29. The molecule has 0 spiro atoms. The Hall–Kier alpha value is -1.40. The molecule has 0 saturated carbocycles. The Balaban J connectivity index is 1.95. The molecule has 0 aliphatic carbocycles. The lowest BCUT2D eigenvalue weighted by atomic mass is 10.0. The number of hydrogen-bond donors (Lipinski definition) is 1. The van der Waals surface area contributed by atoms with Crippen LogP contribution in [0.1, 0.15) is 18.0 Å². The molecule has 0 fully saturated rings. The summed E-state index contributed by atoms with van der Waals surface area (Å²) in [6.45, 7) is 0.